The highest BCUT2D eigenvalue weighted by molar-refractivity contribution is 7.09. The van der Waals surface area contributed by atoms with Crippen LogP contribution in [0.1, 0.15) is 38.5 Å². The van der Waals surface area contributed by atoms with Crippen molar-refractivity contribution in [3.63, 3.8) is 0 Å². The number of nitrogens with one attached hydrogen (secondary N) is 1. The summed E-state index contributed by atoms with van der Waals surface area (Å²) in [5.74, 6) is 0.0225. The van der Waals surface area contributed by atoms with Crippen LogP contribution in [0, 0.1) is 17.2 Å². The second-order valence-electron chi connectivity index (χ2n) is 6.23. The summed E-state index contributed by atoms with van der Waals surface area (Å²) in [6.45, 7) is 6.88. The first kappa shape index (κ1) is 16.0. The highest BCUT2D eigenvalue weighted by atomic mass is 32.1. The monoisotopic (exact) mass is 305 g/mol. The van der Waals surface area contributed by atoms with Gasteiger partial charge in [-0.1, -0.05) is 19.9 Å². The number of thiophene rings is 1. The molecule has 4 nitrogen and oxygen atoms in total. The molecule has 0 spiro atoms. The van der Waals surface area contributed by atoms with Gasteiger partial charge in [0.25, 0.3) is 0 Å². The van der Waals surface area contributed by atoms with E-state index >= 15 is 0 Å². The maximum absolute atomic E-state index is 12.3. The van der Waals surface area contributed by atoms with Gasteiger partial charge in [-0.15, -0.1) is 11.3 Å². The Kier molecular flexibility index (Phi) is 5.02. The Hall–Kier alpha value is -1.38. The standard InChI is InChI=1S/C16H23N3OS/c1-12(2)16(3,11-17)18-15(20)10-19(13-6-7-13)9-14-5-4-8-21-14/h4-5,8,12-13H,6-7,9-10H2,1-3H3,(H,18,20). The van der Waals surface area contributed by atoms with E-state index in [2.05, 4.69) is 27.7 Å². The first-order chi connectivity index (χ1) is 9.94. The van der Waals surface area contributed by atoms with Crippen molar-refractivity contribution in [1.82, 2.24) is 10.2 Å². The zero-order valence-corrected chi connectivity index (χ0v) is 13.7. The van der Waals surface area contributed by atoms with Gasteiger partial charge in [0.2, 0.25) is 5.91 Å². The molecule has 2 rings (SSSR count). The molecule has 1 amide bonds. The van der Waals surface area contributed by atoms with E-state index in [1.807, 2.05) is 19.9 Å². The molecule has 1 atom stereocenters. The van der Waals surface area contributed by atoms with E-state index in [1.165, 1.54) is 17.7 Å². The van der Waals surface area contributed by atoms with Gasteiger partial charge in [0.05, 0.1) is 12.6 Å². The summed E-state index contributed by atoms with van der Waals surface area (Å²) < 4.78 is 0. The fraction of sp³-hybridized carbons (Fsp3) is 0.625. The van der Waals surface area contributed by atoms with Gasteiger partial charge in [-0.2, -0.15) is 5.26 Å². The molecule has 1 unspecified atom stereocenters. The Balaban J connectivity index is 1.94. The molecule has 0 radical (unpaired) electrons. The summed E-state index contributed by atoms with van der Waals surface area (Å²) in [7, 11) is 0. The SMILES string of the molecule is CC(C)C(C)(C#N)NC(=O)CN(Cc1cccs1)C1CC1. The van der Waals surface area contributed by atoms with E-state index in [1.54, 1.807) is 18.3 Å². The summed E-state index contributed by atoms with van der Waals surface area (Å²) in [5, 5.41) is 14.2. The van der Waals surface area contributed by atoms with Crippen LogP contribution in [-0.2, 0) is 11.3 Å². The molecule has 1 aliphatic rings. The van der Waals surface area contributed by atoms with Gasteiger partial charge in [0.1, 0.15) is 5.54 Å². The second kappa shape index (κ2) is 6.59. The highest BCUT2D eigenvalue weighted by Crippen LogP contribution is 2.29. The van der Waals surface area contributed by atoms with Crippen LogP contribution < -0.4 is 5.32 Å². The number of carbonyl (C=O) groups excluding carboxylic acids is 1. The maximum Gasteiger partial charge on any atom is 0.235 e. The van der Waals surface area contributed by atoms with Crippen molar-refractivity contribution in [3.8, 4) is 6.07 Å². The van der Waals surface area contributed by atoms with Crippen molar-refractivity contribution < 1.29 is 4.79 Å². The van der Waals surface area contributed by atoms with Gasteiger partial charge >= 0.3 is 0 Å². The zero-order valence-electron chi connectivity index (χ0n) is 12.9. The molecule has 5 heteroatoms. The molecule has 1 saturated carbocycles. The number of nitriles is 1. The van der Waals surface area contributed by atoms with E-state index < -0.39 is 5.54 Å². The summed E-state index contributed by atoms with van der Waals surface area (Å²) >= 11 is 1.72. The number of carbonyl (C=O) groups is 1. The number of hydrogen-bond donors (Lipinski definition) is 1. The Bertz CT molecular complexity index is 516. The smallest absolute Gasteiger partial charge is 0.235 e. The topological polar surface area (TPSA) is 56.1 Å². The van der Waals surface area contributed by atoms with Crippen molar-refractivity contribution in [2.45, 2.75) is 51.7 Å². The molecule has 1 N–H and O–H groups in total. The summed E-state index contributed by atoms with van der Waals surface area (Å²) in [6.07, 6.45) is 2.33. The van der Waals surface area contributed by atoms with Crippen LogP contribution >= 0.6 is 11.3 Å². The molecular formula is C16H23N3OS. The second-order valence-corrected chi connectivity index (χ2v) is 7.26. The van der Waals surface area contributed by atoms with Crippen molar-refractivity contribution in [2.75, 3.05) is 6.54 Å². The number of amides is 1. The van der Waals surface area contributed by atoms with Crippen LogP contribution in [0.5, 0.6) is 0 Å². The minimum absolute atomic E-state index is 0.0591. The summed E-state index contributed by atoms with van der Waals surface area (Å²) in [4.78, 5) is 15.8. The minimum atomic E-state index is -0.796. The van der Waals surface area contributed by atoms with E-state index in [0.29, 0.717) is 12.6 Å². The lowest BCUT2D eigenvalue weighted by atomic mass is 9.90. The Morgan fingerprint density at radius 3 is 2.81 bits per heavy atom. The van der Waals surface area contributed by atoms with Crippen LogP contribution in [0.4, 0.5) is 0 Å². The van der Waals surface area contributed by atoms with Gasteiger partial charge in [-0.3, -0.25) is 9.69 Å². The molecular weight excluding hydrogens is 282 g/mol. The number of hydrogen-bond acceptors (Lipinski definition) is 4. The van der Waals surface area contributed by atoms with Gasteiger partial charge in [0.15, 0.2) is 0 Å². The van der Waals surface area contributed by atoms with E-state index in [-0.39, 0.29) is 11.8 Å². The lowest BCUT2D eigenvalue weighted by molar-refractivity contribution is -0.124. The fourth-order valence-electron chi connectivity index (χ4n) is 2.17. The molecule has 0 saturated heterocycles. The zero-order chi connectivity index (χ0) is 15.5. The average Bonchev–Trinajstić information content (AvgIpc) is 3.16. The van der Waals surface area contributed by atoms with Gasteiger partial charge in [-0.05, 0) is 37.1 Å². The Labute approximate surface area is 130 Å². The highest BCUT2D eigenvalue weighted by Gasteiger charge is 2.34. The first-order valence-electron chi connectivity index (χ1n) is 7.43. The van der Waals surface area contributed by atoms with Crippen molar-refractivity contribution in [3.05, 3.63) is 22.4 Å². The van der Waals surface area contributed by atoms with Crippen LogP contribution in [0.25, 0.3) is 0 Å². The minimum Gasteiger partial charge on any atom is -0.337 e. The molecule has 1 aromatic heterocycles. The third-order valence-corrected chi connectivity index (χ3v) is 5.00. The number of rotatable bonds is 7. The van der Waals surface area contributed by atoms with Crippen molar-refractivity contribution >= 4 is 17.2 Å². The van der Waals surface area contributed by atoms with Gasteiger partial charge in [-0.25, -0.2) is 0 Å². The maximum atomic E-state index is 12.3. The fourth-order valence-corrected chi connectivity index (χ4v) is 2.90. The molecule has 21 heavy (non-hydrogen) atoms. The molecule has 1 aromatic rings. The van der Waals surface area contributed by atoms with Crippen LogP contribution in [-0.4, -0.2) is 28.9 Å². The third kappa shape index (κ3) is 4.29. The summed E-state index contributed by atoms with van der Waals surface area (Å²) in [5.41, 5.74) is -0.796. The molecule has 0 aromatic carbocycles. The molecule has 0 aliphatic heterocycles. The first-order valence-corrected chi connectivity index (χ1v) is 8.31. The third-order valence-electron chi connectivity index (χ3n) is 4.14. The normalized spacial score (nSPS) is 17.5. The van der Waals surface area contributed by atoms with Crippen molar-refractivity contribution in [2.24, 2.45) is 5.92 Å². The Morgan fingerprint density at radius 1 is 1.62 bits per heavy atom. The molecule has 1 aliphatic carbocycles. The number of nitrogens with zero attached hydrogens (tertiary/aromatic N) is 2. The lowest BCUT2D eigenvalue weighted by Gasteiger charge is -2.29. The van der Waals surface area contributed by atoms with E-state index in [9.17, 15) is 10.1 Å². The average molecular weight is 305 g/mol. The molecule has 0 bridgehead atoms. The predicted octanol–water partition coefficient (Wildman–Crippen LogP) is 2.77. The van der Waals surface area contributed by atoms with Crippen LogP contribution in [0.3, 0.4) is 0 Å². The molecule has 1 fully saturated rings. The van der Waals surface area contributed by atoms with E-state index in [0.717, 1.165) is 6.54 Å². The van der Waals surface area contributed by atoms with Gasteiger partial charge < -0.3 is 5.32 Å². The van der Waals surface area contributed by atoms with Gasteiger partial charge in [0, 0.05) is 17.5 Å². The predicted molar refractivity (Wildman–Crippen MR) is 84.7 cm³/mol. The largest absolute Gasteiger partial charge is 0.337 e. The van der Waals surface area contributed by atoms with Crippen LogP contribution in [0.15, 0.2) is 17.5 Å². The molecule has 114 valence electrons. The Morgan fingerprint density at radius 2 is 2.33 bits per heavy atom. The summed E-state index contributed by atoms with van der Waals surface area (Å²) in [6, 6.07) is 6.88. The van der Waals surface area contributed by atoms with Crippen molar-refractivity contribution in [1.29, 1.82) is 5.26 Å². The quantitative estimate of drug-likeness (QED) is 0.842. The lowest BCUT2D eigenvalue weighted by Crippen LogP contribution is -2.51. The molecule has 1 heterocycles. The van der Waals surface area contributed by atoms with Crippen LogP contribution in [0.2, 0.25) is 0 Å². The van der Waals surface area contributed by atoms with E-state index in [4.69, 9.17) is 0 Å².